The molecule has 20 heavy (non-hydrogen) atoms. The van der Waals surface area contributed by atoms with E-state index >= 15 is 0 Å². The number of nitrogens with one attached hydrogen (secondary N) is 1. The van der Waals surface area contributed by atoms with Crippen molar-refractivity contribution in [2.75, 3.05) is 7.11 Å². The van der Waals surface area contributed by atoms with Crippen molar-refractivity contribution in [3.05, 3.63) is 12.2 Å². The van der Waals surface area contributed by atoms with E-state index < -0.39 is 39.2 Å². The minimum absolute atomic E-state index is 0.0427. The molecule has 1 aliphatic rings. The lowest BCUT2D eigenvalue weighted by atomic mass is 9.82. The van der Waals surface area contributed by atoms with Gasteiger partial charge >= 0.3 is 21.5 Å². The molecule has 0 bridgehead atoms. The summed E-state index contributed by atoms with van der Waals surface area (Å²) < 4.78 is 63.6. The number of allylic oxidation sites excluding steroid dienone is 2. The maximum absolute atomic E-state index is 12.2. The number of carbonyl (C=O) groups is 2. The summed E-state index contributed by atoms with van der Waals surface area (Å²) in [6, 6.07) is 0. The van der Waals surface area contributed by atoms with Gasteiger partial charge in [-0.2, -0.15) is 21.6 Å². The molecule has 0 saturated heterocycles. The Labute approximate surface area is 113 Å². The summed E-state index contributed by atoms with van der Waals surface area (Å²) in [6.45, 7) is 0. The SMILES string of the molecule is COC(=O)C1CC=CCC1C(=O)NS(=O)(=O)C(F)(F)F. The van der Waals surface area contributed by atoms with Crippen LogP contribution in [0.1, 0.15) is 12.8 Å². The van der Waals surface area contributed by atoms with Gasteiger partial charge in [-0.3, -0.25) is 9.59 Å². The molecule has 1 aliphatic carbocycles. The second-order valence-corrected chi connectivity index (χ2v) is 5.77. The summed E-state index contributed by atoms with van der Waals surface area (Å²) in [6.07, 6.45) is 3.11. The molecule has 0 aromatic rings. The number of hydrogen-bond acceptors (Lipinski definition) is 5. The van der Waals surface area contributed by atoms with Gasteiger partial charge in [-0.1, -0.05) is 12.2 Å². The summed E-state index contributed by atoms with van der Waals surface area (Å²) in [4.78, 5) is 23.1. The van der Waals surface area contributed by atoms with Gasteiger partial charge in [-0.05, 0) is 12.8 Å². The molecule has 0 aromatic heterocycles. The topological polar surface area (TPSA) is 89.5 Å². The van der Waals surface area contributed by atoms with Crippen LogP contribution in [0, 0.1) is 11.8 Å². The van der Waals surface area contributed by atoms with Crippen molar-refractivity contribution in [1.29, 1.82) is 0 Å². The maximum Gasteiger partial charge on any atom is 0.516 e. The number of esters is 1. The highest BCUT2D eigenvalue weighted by Gasteiger charge is 2.48. The number of methoxy groups -OCH3 is 1. The largest absolute Gasteiger partial charge is 0.516 e. The lowest BCUT2D eigenvalue weighted by Gasteiger charge is -2.25. The van der Waals surface area contributed by atoms with Gasteiger partial charge in [0, 0.05) is 0 Å². The molecule has 0 aromatic carbocycles. The van der Waals surface area contributed by atoms with Gasteiger partial charge in [0.15, 0.2) is 0 Å². The smallest absolute Gasteiger partial charge is 0.469 e. The molecule has 0 radical (unpaired) electrons. The lowest BCUT2D eigenvalue weighted by Crippen LogP contribution is -2.46. The molecule has 1 rings (SSSR count). The number of carbonyl (C=O) groups excluding carboxylic acids is 2. The Morgan fingerprint density at radius 1 is 1.20 bits per heavy atom. The van der Waals surface area contributed by atoms with Crippen molar-refractivity contribution < 1.29 is 35.9 Å². The fourth-order valence-electron chi connectivity index (χ4n) is 1.78. The molecule has 0 spiro atoms. The zero-order valence-corrected chi connectivity index (χ0v) is 11.1. The van der Waals surface area contributed by atoms with Crippen LogP contribution in [0.2, 0.25) is 0 Å². The molecule has 2 unspecified atom stereocenters. The van der Waals surface area contributed by atoms with Gasteiger partial charge < -0.3 is 4.74 Å². The summed E-state index contributed by atoms with van der Waals surface area (Å²) in [5.41, 5.74) is -5.59. The fraction of sp³-hybridized carbons (Fsp3) is 0.600. The van der Waals surface area contributed by atoms with E-state index in [4.69, 9.17) is 0 Å². The van der Waals surface area contributed by atoms with Crippen LogP contribution in [0.5, 0.6) is 0 Å². The van der Waals surface area contributed by atoms with Gasteiger partial charge in [-0.15, -0.1) is 0 Å². The lowest BCUT2D eigenvalue weighted by molar-refractivity contribution is -0.150. The Kier molecular flexibility index (Phi) is 4.79. The van der Waals surface area contributed by atoms with Gasteiger partial charge in [0.2, 0.25) is 5.91 Å². The van der Waals surface area contributed by atoms with Crippen molar-refractivity contribution in [1.82, 2.24) is 4.72 Å². The minimum atomic E-state index is -5.78. The first-order chi connectivity index (χ1) is 9.10. The first-order valence-corrected chi connectivity index (χ1v) is 6.94. The van der Waals surface area contributed by atoms with Crippen LogP contribution in [0.15, 0.2) is 12.2 Å². The second-order valence-electron chi connectivity index (χ2n) is 4.09. The molecule has 2 atom stereocenters. The highest BCUT2D eigenvalue weighted by Crippen LogP contribution is 2.28. The van der Waals surface area contributed by atoms with E-state index in [9.17, 15) is 31.2 Å². The maximum atomic E-state index is 12.2. The van der Waals surface area contributed by atoms with Crippen molar-refractivity contribution >= 4 is 21.9 Å². The van der Waals surface area contributed by atoms with Gasteiger partial charge in [0.1, 0.15) is 0 Å². The molecule has 10 heteroatoms. The van der Waals surface area contributed by atoms with E-state index in [1.807, 2.05) is 0 Å². The van der Waals surface area contributed by atoms with Crippen molar-refractivity contribution in [3.63, 3.8) is 0 Å². The molecule has 0 aliphatic heterocycles. The Morgan fingerprint density at radius 3 is 2.15 bits per heavy atom. The summed E-state index contributed by atoms with van der Waals surface area (Å²) >= 11 is 0. The zero-order chi connectivity index (χ0) is 15.6. The number of ether oxygens (including phenoxy) is 1. The van der Waals surface area contributed by atoms with E-state index in [0.717, 1.165) is 11.8 Å². The normalized spacial score (nSPS) is 23.2. The monoisotopic (exact) mass is 315 g/mol. The van der Waals surface area contributed by atoms with Crippen molar-refractivity contribution in [3.8, 4) is 0 Å². The third kappa shape index (κ3) is 3.50. The summed E-state index contributed by atoms with van der Waals surface area (Å²) in [7, 11) is -4.71. The molecule has 6 nitrogen and oxygen atoms in total. The molecule has 114 valence electrons. The number of hydrogen-bond donors (Lipinski definition) is 1. The van der Waals surface area contributed by atoms with Crippen LogP contribution in [0.3, 0.4) is 0 Å². The quantitative estimate of drug-likeness (QED) is 0.612. The number of rotatable bonds is 3. The van der Waals surface area contributed by atoms with Crippen LogP contribution in [0.4, 0.5) is 13.2 Å². The van der Waals surface area contributed by atoms with E-state index in [-0.39, 0.29) is 12.8 Å². The van der Waals surface area contributed by atoms with Crippen LogP contribution >= 0.6 is 0 Å². The number of sulfonamides is 1. The zero-order valence-electron chi connectivity index (χ0n) is 10.3. The molecule has 0 fully saturated rings. The number of amides is 1. The standard InChI is InChI=1S/C10H12F3NO5S/c1-19-9(16)7-5-3-2-4-6(7)8(15)14-20(17,18)10(11,12)13/h2-3,6-7H,4-5H2,1H3,(H,14,15). The second kappa shape index (κ2) is 5.81. The summed E-state index contributed by atoms with van der Waals surface area (Å²) in [5, 5.41) is 0. The van der Waals surface area contributed by atoms with Crippen molar-refractivity contribution in [2.24, 2.45) is 11.8 Å². The summed E-state index contributed by atoms with van der Waals surface area (Å²) in [5.74, 6) is -4.38. The average molecular weight is 315 g/mol. The highest BCUT2D eigenvalue weighted by atomic mass is 32.2. The third-order valence-corrected chi connectivity index (χ3v) is 3.89. The van der Waals surface area contributed by atoms with Crippen LogP contribution in [-0.2, 0) is 24.3 Å². The average Bonchev–Trinajstić information content (AvgIpc) is 2.36. The molecular formula is C10H12F3NO5S. The first kappa shape index (κ1) is 16.5. The Bertz CT molecular complexity index is 526. The molecule has 0 heterocycles. The molecule has 1 N–H and O–H groups in total. The molecule has 1 amide bonds. The van der Waals surface area contributed by atoms with E-state index in [2.05, 4.69) is 4.74 Å². The molecule has 0 saturated carbocycles. The third-order valence-electron chi connectivity index (χ3n) is 2.81. The number of alkyl halides is 3. The van der Waals surface area contributed by atoms with Gasteiger partial charge in [-0.25, -0.2) is 4.72 Å². The van der Waals surface area contributed by atoms with E-state index in [1.165, 1.54) is 6.08 Å². The Hall–Kier alpha value is -1.58. The Morgan fingerprint density at radius 2 is 1.70 bits per heavy atom. The predicted octanol–water partition coefficient (Wildman–Crippen LogP) is 0.708. The predicted molar refractivity (Wildman–Crippen MR) is 60.5 cm³/mol. The number of halogens is 3. The van der Waals surface area contributed by atoms with Crippen LogP contribution < -0.4 is 4.72 Å². The van der Waals surface area contributed by atoms with Crippen molar-refractivity contribution in [2.45, 2.75) is 18.3 Å². The first-order valence-electron chi connectivity index (χ1n) is 5.46. The minimum Gasteiger partial charge on any atom is -0.469 e. The Balaban J connectivity index is 2.91. The van der Waals surface area contributed by atoms with E-state index in [0.29, 0.717) is 0 Å². The van der Waals surface area contributed by atoms with Crippen LogP contribution in [0.25, 0.3) is 0 Å². The van der Waals surface area contributed by atoms with Gasteiger partial charge in [0.25, 0.3) is 0 Å². The van der Waals surface area contributed by atoms with Crippen LogP contribution in [-0.4, -0.2) is 32.9 Å². The van der Waals surface area contributed by atoms with Gasteiger partial charge in [0.05, 0.1) is 18.9 Å². The highest BCUT2D eigenvalue weighted by molar-refractivity contribution is 7.90. The van der Waals surface area contributed by atoms with E-state index in [1.54, 1.807) is 6.08 Å². The molecular weight excluding hydrogens is 303 g/mol. The fourth-order valence-corrected chi connectivity index (χ4v) is 2.31.